The first-order valence-corrected chi connectivity index (χ1v) is 13.9. The molecule has 0 aliphatic carbocycles. The summed E-state index contributed by atoms with van der Waals surface area (Å²) in [6.45, 7) is 7.95. The quantitative estimate of drug-likeness (QED) is 0.136. The van der Waals surface area contributed by atoms with E-state index < -0.39 is 5.60 Å². The Morgan fingerprint density at radius 3 is 1.79 bits per heavy atom. The molecule has 0 aromatic heterocycles. The van der Waals surface area contributed by atoms with E-state index in [9.17, 15) is 4.79 Å². The van der Waals surface area contributed by atoms with Gasteiger partial charge in [-0.15, -0.1) is 0 Å². The Hall–Kier alpha value is -3.94. The number of hydrogen-bond donors (Lipinski definition) is 0. The number of carbonyl (C=O) groups is 1. The van der Waals surface area contributed by atoms with Crippen molar-refractivity contribution >= 4 is 16.9 Å². The van der Waals surface area contributed by atoms with E-state index >= 15 is 0 Å². The maximum absolute atomic E-state index is 12.5. The van der Waals surface area contributed by atoms with E-state index in [1.54, 1.807) is 13.8 Å². The molecular formula is C34H33O3S+. The second-order valence-corrected chi connectivity index (χ2v) is 11.5. The summed E-state index contributed by atoms with van der Waals surface area (Å²) in [5, 5.41) is 0. The largest absolute Gasteiger partial charge is 0.492 e. The first kappa shape index (κ1) is 27.1. The molecule has 4 heteroatoms. The highest BCUT2D eigenvalue weighted by Crippen LogP contribution is 2.35. The summed E-state index contributed by atoms with van der Waals surface area (Å²) in [5.74, 6) is 6.59. The minimum atomic E-state index is -0.884. The van der Waals surface area contributed by atoms with E-state index in [-0.39, 0.29) is 29.9 Å². The predicted octanol–water partition coefficient (Wildman–Crippen LogP) is 7.54. The summed E-state index contributed by atoms with van der Waals surface area (Å²) in [4.78, 5) is 16.3. The zero-order chi connectivity index (χ0) is 27.0. The Balaban J connectivity index is 1.43. The van der Waals surface area contributed by atoms with E-state index in [0.717, 1.165) is 22.4 Å². The molecule has 4 aromatic carbocycles. The number of rotatable bonds is 8. The lowest BCUT2D eigenvalue weighted by Gasteiger charge is -2.19. The number of esters is 1. The van der Waals surface area contributed by atoms with Crippen LogP contribution in [0.25, 0.3) is 0 Å². The van der Waals surface area contributed by atoms with Crippen LogP contribution in [0.2, 0.25) is 0 Å². The van der Waals surface area contributed by atoms with Gasteiger partial charge < -0.3 is 9.47 Å². The first-order valence-electron chi connectivity index (χ1n) is 12.7. The average Bonchev–Trinajstić information content (AvgIpc) is 2.91. The molecule has 0 unspecified atom stereocenters. The topological polar surface area (TPSA) is 35.5 Å². The van der Waals surface area contributed by atoms with Crippen molar-refractivity contribution < 1.29 is 14.3 Å². The number of aryl methyl sites for hydroxylation is 2. The van der Waals surface area contributed by atoms with Crippen molar-refractivity contribution in [3.63, 3.8) is 0 Å². The van der Waals surface area contributed by atoms with E-state index in [0.29, 0.717) is 0 Å². The van der Waals surface area contributed by atoms with Gasteiger partial charge in [-0.1, -0.05) is 66.4 Å². The molecule has 0 atom stereocenters. The van der Waals surface area contributed by atoms with Crippen LogP contribution in [0.15, 0.2) is 118 Å². The van der Waals surface area contributed by atoms with Crippen LogP contribution in [0, 0.1) is 25.7 Å². The Morgan fingerprint density at radius 2 is 1.26 bits per heavy atom. The molecule has 4 aromatic rings. The van der Waals surface area contributed by atoms with Crippen molar-refractivity contribution in [2.75, 3.05) is 6.61 Å². The molecule has 0 N–H and O–H groups in total. The van der Waals surface area contributed by atoms with Crippen LogP contribution in [0.3, 0.4) is 0 Å². The summed E-state index contributed by atoms with van der Waals surface area (Å²) in [5.41, 5.74) is 2.10. The van der Waals surface area contributed by atoms with Crippen molar-refractivity contribution in [1.29, 1.82) is 0 Å². The molecule has 3 nitrogen and oxygen atoms in total. The highest BCUT2D eigenvalue weighted by Gasteiger charge is 2.29. The summed E-state index contributed by atoms with van der Waals surface area (Å²) >= 11 is 0. The Bertz CT molecular complexity index is 1360. The van der Waals surface area contributed by atoms with Gasteiger partial charge >= 0.3 is 5.97 Å². The van der Waals surface area contributed by atoms with Gasteiger partial charge in [0.1, 0.15) is 5.75 Å². The average molecular weight is 522 g/mol. The number of hydrogen-bond acceptors (Lipinski definition) is 3. The standard InChI is InChI=1S/C34H33O3S/c1-26-24-31(38(29-16-10-6-11-17-29)30-18-12-7-13-19-30)25-27(2)33(26)36-23-21-32(35)37-34(3,4)22-20-28-14-8-5-9-15-28/h5-19,24-25H,21,23H2,1-4H3/q+1. The van der Waals surface area contributed by atoms with Crippen molar-refractivity contribution in [3.8, 4) is 17.6 Å². The maximum atomic E-state index is 12.5. The monoisotopic (exact) mass is 521 g/mol. The molecule has 0 heterocycles. The van der Waals surface area contributed by atoms with Gasteiger partial charge in [0.2, 0.25) is 0 Å². The van der Waals surface area contributed by atoms with Crippen molar-refractivity contribution in [2.45, 2.75) is 54.4 Å². The van der Waals surface area contributed by atoms with Gasteiger partial charge in [0.25, 0.3) is 0 Å². The number of benzene rings is 4. The maximum Gasteiger partial charge on any atom is 0.310 e. The summed E-state index contributed by atoms with van der Waals surface area (Å²) in [7, 11) is -0.227. The van der Waals surface area contributed by atoms with Crippen LogP contribution >= 0.6 is 0 Å². The number of ether oxygens (including phenoxy) is 2. The first-order chi connectivity index (χ1) is 18.3. The van der Waals surface area contributed by atoms with Crippen molar-refractivity contribution in [1.82, 2.24) is 0 Å². The molecule has 38 heavy (non-hydrogen) atoms. The van der Waals surface area contributed by atoms with E-state index in [4.69, 9.17) is 9.47 Å². The lowest BCUT2D eigenvalue weighted by atomic mass is 10.1. The van der Waals surface area contributed by atoms with Crippen LogP contribution < -0.4 is 4.74 Å². The van der Waals surface area contributed by atoms with E-state index in [1.807, 2.05) is 42.5 Å². The zero-order valence-corrected chi connectivity index (χ0v) is 23.2. The molecular weight excluding hydrogens is 488 g/mol. The van der Waals surface area contributed by atoms with Crippen LogP contribution in [0.5, 0.6) is 5.75 Å². The minimum Gasteiger partial charge on any atom is -0.492 e. The van der Waals surface area contributed by atoms with Crippen LogP contribution in [-0.4, -0.2) is 18.2 Å². The van der Waals surface area contributed by atoms with Crippen molar-refractivity contribution in [2.24, 2.45) is 0 Å². The fourth-order valence-corrected chi connectivity index (χ4v) is 6.38. The van der Waals surface area contributed by atoms with Gasteiger partial charge in [-0.3, -0.25) is 4.79 Å². The molecule has 0 saturated heterocycles. The number of carbonyl (C=O) groups excluding carboxylic acids is 1. The summed E-state index contributed by atoms with van der Waals surface area (Å²) in [6, 6.07) is 35.2. The highest BCUT2D eigenvalue weighted by molar-refractivity contribution is 7.97. The van der Waals surface area contributed by atoms with Gasteiger partial charge in [0.15, 0.2) is 20.3 Å². The van der Waals surface area contributed by atoms with Gasteiger partial charge in [-0.2, -0.15) is 0 Å². The molecule has 0 aliphatic rings. The van der Waals surface area contributed by atoms with Gasteiger partial charge in [-0.05, 0) is 75.2 Å². The second kappa shape index (κ2) is 12.5. The molecule has 0 amide bonds. The fourth-order valence-electron chi connectivity index (χ4n) is 4.12. The lowest BCUT2D eigenvalue weighted by molar-refractivity contribution is -0.152. The van der Waals surface area contributed by atoms with Crippen LogP contribution in [0.4, 0.5) is 0 Å². The smallest absolute Gasteiger partial charge is 0.310 e. The normalized spacial score (nSPS) is 11.0. The predicted molar refractivity (Wildman–Crippen MR) is 155 cm³/mol. The summed E-state index contributed by atoms with van der Waals surface area (Å²) in [6.07, 6.45) is 0.148. The third kappa shape index (κ3) is 7.31. The van der Waals surface area contributed by atoms with Crippen LogP contribution in [0.1, 0.15) is 37.0 Å². The third-order valence-electron chi connectivity index (χ3n) is 5.83. The SMILES string of the molecule is Cc1cc([S+](c2ccccc2)c2ccccc2)cc(C)c1OCCC(=O)OC(C)(C)C#Cc1ccccc1. The fraction of sp³-hybridized carbons (Fsp3) is 0.206. The Labute approximate surface area is 229 Å². The molecule has 0 bridgehead atoms. The molecule has 0 fully saturated rings. The van der Waals surface area contributed by atoms with E-state index in [2.05, 4.69) is 86.4 Å². The Morgan fingerprint density at radius 1 is 0.763 bits per heavy atom. The highest BCUT2D eigenvalue weighted by atomic mass is 32.2. The molecule has 192 valence electrons. The molecule has 0 spiro atoms. The molecule has 0 saturated carbocycles. The lowest BCUT2D eigenvalue weighted by Crippen LogP contribution is -2.27. The van der Waals surface area contributed by atoms with Gasteiger partial charge in [-0.25, -0.2) is 0 Å². The zero-order valence-electron chi connectivity index (χ0n) is 22.4. The second-order valence-electron chi connectivity index (χ2n) is 9.52. The summed E-state index contributed by atoms with van der Waals surface area (Å²) < 4.78 is 11.7. The van der Waals surface area contributed by atoms with Gasteiger partial charge in [0.05, 0.1) is 23.9 Å². The third-order valence-corrected chi connectivity index (χ3v) is 8.02. The molecule has 0 radical (unpaired) electrons. The van der Waals surface area contributed by atoms with Gasteiger partial charge in [0, 0.05) is 17.7 Å². The van der Waals surface area contributed by atoms with Crippen molar-refractivity contribution in [3.05, 3.63) is 120 Å². The van der Waals surface area contributed by atoms with Crippen LogP contribution in [-0.2, 0) is 20.4 Å². The Kier molecular flexibility index (Phi) is 8.94. The molecule has 0 aliphatic heterocycles. The molecule has 4 rings (SSSR count). The minimum absolute atomic E-state index is 0.148. The van der Waals surface area contributed by atoms with E-state index in [1.165, 1.54) is 14.7 Å².